The van der Waals surface area contributed by atoms with Gasteiger partial charge in [0.1, 0.15) is 11.5 Å². The van der Waals surface area contributed by atoms with Crippen molar-refractivity contribution in [2.45, 2.75) is 25.2 Å². The smallest absolute Gasteiger partial charge is 0.271 e. The molecule has 2 aliphatic rings. The van der Waals surface area contributed by atoms with E-state index in [4.69, 9.17) is 4.74 Å². The zero-order valence-electron chi connectivity index (χ0n) is 16.7. The van der Waals surface area contributed by atoms with Gasteiger partial charge in [-0.05, 0) is 35.9 Å². The second kappa shape index (κ2) is 7.57. The van der Waals surface area contributed by atoms with Gasteiger partial charge in [-0.2, -0.15) is 0 Å². The summed E-state index contributed by atoms with van der Waals surface area (Å²) in [5.41, 5.74) is 2.66. The number of hydrogen-bond donors (Lipinski definition) is 0. The molecule has 1 amide bonds. The Morgan fingerprint density at radius 3 is 2.67 bits per heavy atom. The van der Waals surface area contributed by atoms with Gasteiger partial charge in [0, 0.05) is 44.1 Å². The average molecular weight is 406 g/mol. The number of halogens is 1. The lowest BCUT2D eigenvalue weighted by molar-refractivity contribution is 0.0556. The SMILES string of the molecule is COc1ncccc1CN1CC2C(C1)n1cccc1C(=O)N2Cc1ccc(F)cc1. The van der Waals surface area contributed by atoms with Crippen molar-refractivity contribution >= 4 is 5.91 Å². The Labute approximate surface area is 174 Å². The average Bonchev–Trinajstić information content (AvgIpc) is 3.40. The lowest BCUT2D eigenvalue weighted by atomic mass is 10.0. The number of benzene rings is 1. The maximum atomic E-state index is 13.3. The number of fused-ring (bicyclic) bond motifs is 3. The molecule has 7 heteroatoms. The quantitative estimate of drug-likeness (QED) is 0.653. The lowest BCUT2D eigenvalue weighted by Crippen LogP contribution is -2.49. The van der Waals surface area contributed by atoms with Gasteiger partial charge >= 0.3 is 0 Å². The number of carbonyl (C=O) groups excluding carboxylic acids is 1. The van der Waals surface area contributed by atoms with E-state index in [1.54, 1.807) is 25.4 Å². The number of aromatic nitrogens is 2. The predicted octanol–water partition coefficient (Wildman–Crippen LogP) is 3.11. The molecule has 154 valence electrons. The van der Waals surface area contributed by atoms with Crippen molar-refractivity contribution in [3.8, 4) is 5.88 Å². The van der Waals surface area contributed by atoms with Crippen LogP contribution >= 0.6 is 0 Å². The molecule has 0 radical (unpaired) electrons. The summed E-state index contributed by atoms with van der Waals surface area (Å²) < 4.78 is 20.8. The Hall–Kier alpha value is -3.19. The van der Waals surface area contributed by atoms with Gasteiger partial charge in [-0.25, -0.2) is 9.37 Å². The molecule has 5 rings (SSSR count). The Morgan fingerprint density at radius 1 is 1.07 bits per heavy atom. The zero-order chi connectivity index (χ0) is 20.7. The van der Waals surface area contributed by atoms with Crippen molar-refractivity contribution < 1.29 is 13.9 Å². The third kappa shape index (κ3) is 3.25. The van der Waals surface area contributed by atoms with E-state index in [2.05, 4.69) is 14.5 Å². The molecule has 0 saturated carbocycles. The summed E-state index contributed by atoms with van der Waals surface area (Å²) in [4.78, 5) is 21.8. The molecule has 3 aromatic rings. The number of likely N-dealkylation sites (tertiary alicyclic amines) is 1. The highest BCUT2D eigenvalue weighted by Crippen LogP contribution is 2.35. The molecule has 0 N–H and O–H groups in total. The van der Waals surface area contributed by atoms with Crippen LogP contribution in [0.25, 0.3) is 0 Å². The largest absolute Gasteiger partial charge is 0.481 e. The minimum Gasteiger partial charge on any atom is -0.481 e. The second-order valence-electron chi connectivity index (χ2n) is 7.86. The summed E-state index contributed by atoms with van der Waals surface area (Å²) in [6.07, 6.45) is 3.72. The van der Waals surface area contributed by atoms with E-state index >= 15 is 0 Å². The first-order valence-corrected chi connectivity index (χ1v) is 10.1. The van der Waals surface area contributed by atoms with Gasteiger partial charge in [0.15, 0.2) is 0 Å². The van der Waals surface area contributed by atoms with Crippen LogP contribution in [0.5, 0.6) is 5.88 Å². The Morgan fingerprint density at radius 2 is 1.87 bits per heavy atom. The molecule has 0 spiro atoms. The molecule has 2 atom stereocenters. The highest BCUT2D eigenvalue weighted by atomic mass is 19.1. The minimum absolute atomic E-state index is 0.0198. The molecule has 4 heterocycles. The van der Waals surface area contributed by atoms with Crippen LogP contribution in [-0.4, -0.2) is 51.5 Å². The van der Waals surface area contributed by atoms with Crippen molar-refractivity contribution in [2.24, 2.45) is 0 Å². The number of carbonyl (C=O) groups is 1. The van der Waals surface area contributed by atoms with E-state index in [-0.39, 0.29) is 23.8 Å². The summed E-state index contributed by atoms with van der Waals surface area (Å²) in [5, 5.41) is 0. The van der Waals surface area contributed by atoms with Gasteiger partial charge < -0.3 is 14.2 Å². The summed E-state index contributed by atoms with van der Waals surface area (Å²) in [6.45, 7) is 2.76. The lowest BCUT2D eigenvalue weighted by Gasteiger charge is -2.38. The van der Waals surface area contributed by atoms with Crippen molar-refractivity contribution in [2.75, 3.05) is 20.2 Å². The highest BCUT2D eigenvalue weighted by molar-refractivity contribution is 5.94. The fourth-order valence-corrected chi connectivity index (χ4v) is 4.66. The van der Waals surface area contributed by atoms with Crippen molar-refractivity contribution in [1.29, 1.82) is 0 Å². The Balaban J connectivity index is 1.43. The third-order valence-electron chi connectivity index (χ3n) is 6.05. The van der Waals surface area contributed by atoms with E-state index < -0.39 is 0 Å². The van der Waals surface area contributed by atoms with Gasteiger partial charge in [0.05, 0.1) is 19.2 Å². The van der Waals surface area contributed by atoms with Crippen molar-refractivity contribution in [3.63, 3.8) is 0 Å². The van der Waals surface area contributed by atoms with E-state index in [1.807, 2.05) is 35.4 Å². The number of methoxy groups -OCH3 is 1. The van der Waals surface area contributed by atoms with Gasteiger partial charge in [-0.3, -0.25) is 9.69 Å². The van der Waals surface area contributed by atoms with Crippen LogP contribution < -0.4 is 4.74 Å². The molecule has 2 unspecified atom stereocenters. The summed E-state index contributed by atoms with van der Waals surface area (Å²) in [7, 11) is 1.63. The van der Waals surface area contributed by atoms with Gasteiger partial charge in [0.25, 0.3) is 5.91 Å². The molecule has 0 bridgehead atoms. The van der Waals surface area contributed by atoms with Gasteiger partial charge in [-0.15, -0.1) is 0 Å². The molecule has 1 saturated heterocycles. The fourth-order valence-electron chi connectivity index (χ4n) is 4.66. The molecular formula is C23H23FN4O2. The highest BCUT2D eigenvalue weighted by Gasteiger charge is 2.44. The molecule has 2 aromatic heterocycles. The maximum absolute atomic E-state index is 13.3. The molecule has 30 heavy (non-hydrogen) atoms. The Bertz CT molecular complexity index is 1070. The van der Waals surface area contributed by atoms with Crippen LogP contribution in [0.3, 0.4) is 0 Å². The molecular weight excluding hydrogens is 383 g/mol. The first kappa shape index (κ1) is 18.8. The number of amides is 1. The summed E-state index contributed by atoms with van der Waals surface area (Å²) in [5.74, 6) is 0.382. The first-order chi connectivity index (χ1) is 14.6. The van der Waals surface area contributed by atoms with Gasteiger partial charge in [-0.1, -0.05) is 18.2 Å². The molecule has 1 aromatic carbocycles. The van der Waals surface area contributed by atoms with E-state index in [0.29, 0.717) is 24.7 Å². The number of hydrogen-bond acceptors (Lipinski definition) is 4. The molecule has 2 aliphatic heterocycles. The van der Waals surface area contributed by atoms with Gasteiger partial charge in [0.2, 0.25) is 5.88 Å². The van der Waals surface area contributed by atoms with Crippen LogP contribution in [0.15, 0.2) is 60.9 Å². The standard InChI is InChI=1S/C23H23FN4O2/c1-30-22-17(4-2-10-25-22)13-26-14-20-21(15-26)28(12-16-6-8-18(24)9-7-16)23(29)19-5-3-11-27(19)20/h2-11,20-21H,12-15H2,1H3. The Kier molecular flexibility index (Phi) is 4.75. The normalized spacial score (nSPS) is 20.9. The molecule has 0 aliphatic carbocycles. The van der Waals surface area contributed by atoms with Crippen molar-refractivity contribution in [1.82, 2.24) is 19.4 Å². The monoisotopic (exact) mass is 406 g/mol. The summed E-state index contributed by atoms with van der Waals surface area (Å²) >= 11 is 0. The van der Waals surface area contributed by atoms with Crippen LogP contribution in [-0.2, 0) is 13.1 Å². The number of pyridine rings is 1. The van der Waals surface area contributed by atoms with E-state index in [0.717, 1.165) is 24.2 Å². The molecule has 6 nitrogen and oxygen atoms in total. The van der Waals surface area contributed by atoms with Crippen LogP contribution in [0.4, 0.5) is 4.39 Å². The number of nitrogens with zero attached hydrogens (tertiary/aromatic N) is 4. The van der Waals surface area contributed by atoms with E-state index in [9.17, 15) is 9.18 Å². The zero-order valence-corrected chi connectivity index (χ0v) is 16.7. The van der Waals surface area contributed by atoms with Crippen LogP contribution in [0.1, 0.15) is 27.7 Å². The molecule has 1 fully saturated rings. The van der Waals surface area contributed by atoms with Crippen LogP contribution in [0.2, 0.25) is 0 Å². The minimum atomic E-state index is -0.270. The second-order valence-corrected chi connectivity index (χ2v) is 7.86. The van der Waals surface area contributed by atoms with Crippen LogP contribution in [0, 0.1) is 5.82 Å². The fraction of sp³-hybridized carbons (Fsp3) is 0.304. The number of ether oxygens (including phenoxy) is 1. The van der Waals surface area contributed by atoms with Crippen molar-refractivity contribution in [3.05, 3.63) is 83.6 Å². The topological polar surface area (TPSA) is 50.6 Å². The number of rotatable bonds is 5. The first-order valence-electron chi connectivity index (χ1n) is 10.1. The van der Waals surface area contributed by atoms with E-state index in [1.165, 1.54) is 12.1 Å². The third-order valence-corrected chi connectivity index (χ3v) is 6.05. The maximum Gasteiger partial charge on any atom is 0.271 e. The predicted molar refractivity (Wildman–Crippen MR) is 110 cm³/mol. The summed E-state index contributed by atoms with van der Waals surface area (Å²) in [6, 6.07) is 14.4.